The van der Waals surface area contributed by atoms with E-state index in [0.717, 1.165) is 29.1 Å². The number of nitrogens with one attached hydrogen (secondary N) is 1. The fourth-order valence-electron chi connectivity index (χ4n) is 5.97. The van der Waals surface area contributed by atoms with Crippen LogP contribution < -0.4 is 5.48 Å². The molecule has 0 aromatic heterocycles. The quantitative estimate of drug-likeness (QED) is 0.555. The summed E-state index contributed by atoms with van der Waals surface area (Å²) in [5.41, 5.74) is 3.26. The molecule has 1 amide bonds. The first-order valence-electron chi connectivity index (χ1n) is 10.6. The predicted molar refractivity (Wildman–Crippen MR) is 114 cm³/mol. The predicted octanol–water partition coefficient (Wildman–Crippen LogP) is 2.71. The number of fused-ring (bicyclic) bond motifs is 1. The van der Waals surface area contributed by atoms with E-state index in [4.69, 9.17) is 11.3 Å². The summed E-state index contributed by atoms with van der Waals surface area (Å²) in [7, 11) is -3.70. The molecule has 7 heteroatoms. The third-order valence-corrected chi connectivity index (χ3v) is 9.86. The molecule has 1 heterocycles. The average Bonchev–Trinajstić information content (AvgIpc) is 3.19. The van der Waals surface area contributed by atoms with E-state index in [0.29, 0.717) is 5.92 Å². The van der Waals surface area contributed by atoms with Crippen molar-refractivity contribution in [2.45, 2.75) is 58.7 Å². The monoisotopic (exact) mass is 430 g/mol. The van der Waals surface area contributed by atoms with Crippen molar-refractivity contribution in [3.8, 4) is 12.3 Å². The third-order valence-electron chi connectivity index (χ3n) is 7.95. The van der Waals surface area contributed by atoms with E-state index < -0.39 is 27.9 Å². The zero-order chi connectivity index (χ0) is 21.7. The molecule has 4 rings (SSSR count). The first kappa shape index (κ1) is 21.4. The molecule has 1 aromatic carbocycles. The van der Waals surface area contributed by atoms with Crippen LogP contribution in [0.2, 0.25) is 0 Å². The van der Waals surface area contributed by atoms with Gasteiger partial charge in [-0.05, 0) is 43.1 Å². The van der Waals surface area contributed by atoms with E-state index in [1.165, 1.54) is 0 Å². The Labute approximate surface area is 179 Å². The van der Waals surface area contributed by atoms with Gasteiger partial charge < -0.3 is 0 Å². The molecule has 162 valence electrons. The molecule has 3 aliphatic rings. The molecule has 5 atom stereocenters. The lowest BCUT2D eigenvalue weighted by atomic mass is 9.69. The lowest BCUT2D eigenvalue weighted by Crippen LogP contribution is -2.53. The van der Waals surface area contributed by atoms with Gasteiger partial charge in [0.25, 0.3) is 5.91 Å². The first-order chi connectivity index (χ1) is 14.1. The zero-order valence-electron chi connectivity index (χ0n) is 17.8. The number of amides is 1. The number of sulfonamides is 1. The normalized spacial score (nSPS) is 32.4. The van der Waals surface area contributed by atoms with E-state index in [9.17, 15) is 13.2 Å². The van der Waals surface area contributed by atoms with Crippen molar-refractivity contribution in [2.75, 3.05) is 5.75 Å². The van der Waals surface area contributed by atoms with Crippen molar-refractivity contribution in [1.29, 1.82) is 0 Å². The number of terminal acetylenes is 1. The van der Waals surface area contributed by atoms with Crippen LogP contribution in [0.4, 0.5) is 0 Å². The Kier molecular flexibility index (Phi) is 5.24. The van der Waals surface area contributed by atoms with Crippen LogP contribution in [0.1, 0.15) is 45.6 Å². The molecule has 0 radical (unpaired) electrons. The summed E-state index contributed by atoms with van der Waals surface area (Å²) in [5, 5.41) is 0. The molecule has 1 saturated heterocycles. The van der Waals surface area contributed by atoms with Crippen molar-refractivity contribution in [1.82, 2.24) is 9.79 Å². The number of hydrogen-bond donors (Lipinski definition) is 1. The highest BCUT2D eigenvalue weighted by Gasteiger charge is 2.72. The maximum Gasteiger partial charge on any atom is 0.257 e. The lowest BCUT2D eigenvalue weighted by molar-refractivity contribution is -0.137. The molecule has 1 aliphatic heterocycles. The van der Waals surface area contributed by atoms with Crippen molar-refractivity contribution in [2.24, 2.45) is 22.7 Å². The first-order valence-corrected chi connectivity index (χ1v) is 12.2. The topological polar surface area (TPSA) is 75.7 Å². The summed E-state index contributed by atoms with van der Waals surface area (Å²) in [5.74, 6) is 2.03. The van der Waals surface area contributed by atoms with Crippen molar-refractivity contribution < 1.29 is 18.0 Å². The van der Waals surface area contributed by atoms with Gasteiger partial charge in [0.2, 0.25) is 10.0 Å². The highest BCUT2D eigenvalue weighted by Crippen LogP contribution is 2.70. The summed E-state index contributed by atoms with van der Waals surface area (Å²) in [6.07, 6.45) is 8.22. The van der Waals surface area contributed by atoms with Crippen LogP contribution in [0.3, 0.4) is 0 Å². The molecular weight excluding hydrogens is 400 g/mol. The summed E-state index contributed by atoms with van der Waals surface area (Å²) >= 11 is 0. The van der Waals surface area contributed by atoms with Gasteiger partial charge in [-0.25, -0.2) is 12.7 Å². The minimum atomic E-state index is -3.70. The SMILES string of the molecule is C#C[C@H](C)[C@H](NOCc1ccccc1)C(=O)N1[C@@H]2C[C@H]3CC[C@]2(CS1(=O)=O)C3(C)C. The van der Waals surface area contributed by atoms with Gasteiger partial charge in [0.1, 0.15) is 6.04 Å². The molecule has 1 aromatic rings. The second-order valence-corrected chi connectivity index (χ2v) is 11.4. The molecule has 2 saturated carbocycles. The summed E-state index contributed by atoms with van der Waals surface area (Å²) in [4.78, 5) is 19.1. The molecule has 1 N–H and O–H groups in total. The molecule has 2 aliphatic carbocycles. The van der Waals surface area contributed by atoms with E-state index in [-0.39, 0.29) is 29.2 Å². The number of rotatable bonds is 6. The fraction of sp³-hybridized carbons (Fsp3) is 0.609. The summed E-state index contributed by atoms with van der Waals surface area (Å²) in [6.45, 7) is 6.30. The maximum atomic E-state index is 13.5. The zero-order valence-corrected chi connectivity index (χ0v) is 18.6. The van der Waals surface area contributed by atoms with Crippen LogP contribution in [0.25, 0.3) is 0 Å². The van der Waals surface area contributed by atoms with Crippen molar-refractivity contribution in [3.05, 3.63) is 35.9 Å². The van der Waals surface area contributed by atoms with Gasteiger partial charge in [0.15, 0.2) is 0 Å². The highest BCUT2D eigenvalue weighted by atomic mass is 32.2. The molecular formula is C23H30N2O4S. The minimum absolute atomic E-state index is 0.0436. The van der Waals surface area contributed by atoms with E-state index in [2.05, 4.69) is 25.2 Å². The third kappa shape index (κ3) is 3.08. The Balaban J connectivity index is 1.56. The highest BCUT2D eigenvalue weighted by molar-refractivity contribution is 7.90. The van der Waals surface area contributed by atoms with Crippen LogP contribution in [-0.4, -0.2) is 36.5 Å². The molecule has 3 fully saturated rings. The molecule has 0 unspecified atom stereocenters. The maximum absolute atomic E-state index is 13.5. The second kappa shape index (κ2) is 7.37. The van der Waals surface area contributed by atoms with Gasteiger partial charge in [-0.3, -0.25) is 9.63 Å². The Morgan fingerprint density at radius 3 is 2.70 bits per heavy atom. The van der Waals surface area contributed by atoms with Crippen LogP contribution in [0.15, 0.2) is 30.3 Å². The smallest absolute Gasteiger partial charge is 0.257 e. The van der Waals surface area contributed by atoms with Crippen LogP contribution in [0, 0.1) is 35.0 Å². The lowest BCUT2D eigenvalue weighted by Gasteiger charge is -2.37. The minimum Gasteiger partial charge on any atom is -0.296 e. The average molecular weight is 431 g/mol. The second-order valence-electron chi connectivity index (χ2n) is 9.58. The number of carbonyl (C=O) groups excluding carboxylic acids is 1. The Hall–Kier alpha value is -1.88. The van der Waals surface area contributed by atoms with E-state index in [1.807, 2.05) is 30.3 Å². The van der Waals surface area contributed by atoms with Gasteiger partial charge in [-0.2, -0.15) is 5.48 Å². The van der Waals surface area contributed by atoms with Crippen LogP contribution >= 0.6 is 0 Å². The standard InChI is InChI=1S/C23H30N2O4S/c1-5-16(2)20(24-29-14-17-9-7-6-8-10-17)21(26)25-19-13-18-11-12-23(19,22(18,3)4)15-30(25,27)28/h1,6-10,16,18-20,24H,11-15H2,2-4H3/t16-,18+,19+,20-,23+/m0/s1. The van der Waals surface area contributed by atoms with E-state index >= 15 is 0 Å². The molecule has 2 bridgehead atoms. The molecule has 30 heavy (non-hydrogen) atoms. The van der Waals surface area contributed by atoms with Crippen LogP contribution in [0.5, 0.6) is 0 Å². The molecule has 6 nitrogen and oxygen atoms in total. The Bertz CT molecular complexity index is 969. The molecule has 1 spiro atoms. The van der Waals surface area contributed by atoms with Gasteiger partial charge >= 0.3 is 0 Å². The summed E-state index contributed by atoms with van der Waals surface area (Å²) in [6, 6.07) is 8.33. The van der Waals surface area contributed by atoms with Gasteiger partial charge in [0.05, 0.1) is 18.4 Å². The summed E-state index contributed by atoms with van der Waals surface area (Å²) < 4.78 is 27.5. The van der Waals surface area contributed by atoms with Crippen molar-refractivity contribution >= 4 is 15.9 Å². The number of nitrogens with zero attached hydrogens (tertiary/aromatic N) is 1. The van der Waals surface area contributed by atoms with Gasteiger partial charge in [0, 0.05) is 11.3 Å². The largest absolute Gasteiger partial charge is 0.296 e. The Morgan fingerprint density at radius 1 is 1.37 bits per heavy atom. The van der Waals surface area contributed by atoms with E-state index in [1.54, 1.807) is 6.92 Å². The Morgan fingerprint density at radius 2 is 2.07 bits per heavy atom. The fourth-order valence-corrected chi connectivity index (χ4v) is 8.53. The number of hydroxylamine groups is 1. The van der Waals surface area contributed by atoms with Crippen LogP contribution in [-0.2, 0) is 26.3 Å². The number of benzene rings is 1. The van der Waals surface area contributed by atoms with Gasteiger partial charge in [-0.1, -0.05) is 44.2 Å². The number of hydrogen-bond acceptors (Lipinski definition) is 5. The van der Waals surface area contributed by atoms with Crippen molar-refractivity contribution in [3.63, 3.8) is 0 Å². The number of carbonyl (C=O) groups is 1. The van der Waals surface area contributed by atoms with Gasteiger partial charge in [-0.15, -0.1) is 12.3 Å².